The quantitative estimate of drug-likeness (QED) is 0.398. The van der Waals surface area contributed by atoms with Gasteiger partial charge in [-0.1, -0.05) is 0 Å². The minimum atomic E-state index is -0.311. The van der Waals surface area contributed by atoms with Gasteiger partial charge in [0.1, 0.15) is 0 Å². The number of carbonyl (C=O) groups is 1. The number of ether oxygens (including phenoxy) is 1. The fraction of sp³-hybridized carbons (Fsp3) is 0.444. The number of rotatable bonds is 1. The van der Waals surface area contributed by atoms with Crippen LogP contribution in [-0.2, 0) is 4.74 Å². The summed E-state index contributed by atoms with van der Waals surface area (Å²) in [4.78, 5) is 21.3. The van der Waals surface area contributed by atoms with E-state index < -0.39 is 0 Å². The zero-order valence-corrected chi connectivity index (χ0v) is 8.74. The third kappa shape index (κ3) is 2.26. The number of amides is 2. The Bertz CT molecular complexity index is 352. The van der Waals surface area contributed by atoms with E-state index in [1.165, 1.54) is 12.4 Å². The molecule has 0 aliphatic carbocycles. The molecule has 1 fully saturated rings. The molecule has 2 amide bonds. The SMILES string of the molecule is NN(C(=O)N1CCOCC1)c1ncccn1. The highest BCUT2D eigenvalue weighted by molar-refractivity contribution is 5.88. The van der Waals surface area contributed by atoms with E-state index in [1.54, 1.807) is 11.0 Å². The molecule has 2 heterocycles. The van der Waals surface area contributed by atoms with E-state index in [9.17, 15) is 4.79 Å². The summed E-state index contributed by atoms with van der Waals surface area (Å²) in [7, 11) is 0. The molecule has 86 valence electrons. The van der Waals surface area contributed by atoms with E-state index in [4.69, 9.17) is 10.6 Å². The molecule has 1 aromatic heterocycles. The predicted octanol–water partition coefficient (Wildman–Crippen LogP) is -0.391. The molecule has 16 heavy (non-hydrogen) atoms. The summed E-state index contributed by atoms with van der Waals surface area (Å²) in [6.45, 7) is 2.16. The smallest absolute Gasteiger partial charge is 0.341 e. The number of hydrogen-bond acceptors (Lipinski definition) is 5. The number of hydrogen-bond donors (Lipinski definition) is 1. The number of morpholine rings is 1. The molecular weight excluding hydrogens is 210 g/mol. The van der Waals surface area contributed by atoms with Gasteiger partial charge in [-0.3, -0.25) is 0 Å². The van der Waals surface area contributed by atoms with Crippen LogP contribution in [0.4, 0.5) is 10.7 Å². The first-order chi connectivity index (χ1) is 7.79. The fourth-order valence-corrected chi connectivity index (χ4v) is 1.41. The van der Waals surface area contributed by atoms with E-state index in [0.29, 0.717) is 26.3 Å². The average Bonchev–Trinajstić information content (AvgIpc) is 2.39. The third-order valence-electron chi connectivity index (χ3n) is 2.26. The summed E-state index contributed by atoms with van der Waals surface area (Å²) in [5, 5.41) is 0.950. The lowest BCUT2D eigenvalue weighted by atomic mass is 10.4. The Morgan fingerprint density at radius 3 is 2.62 bits per heavy atom. The minimum absolute atomic E-state index is 0.194. The van der Waals surface area contributed by atoms with Crippen LogP contribution < -0.4 is 10.9 Å². The highest BCUT2D eigenvalue weighted by Crippen LogP contribution is 2.06. The highest BCUT2D eigenvalue weighted by Gasteiger charge is 2.23. The van der Waals surface area contributed by atoms with Crippen LogP contribution in [0.3, 0.4) is 0 Å². The zero-order valence-electron chi connectivity index (χ0n) is 8.74. The van der Waals surface area contributed by atoms with Crippen molar-refractivity contribution < 1.29 is 9.53 Å². The van der Waals surface area contributed by atoms with Gasteiger partial charge in [-0.05, 0) is 6.07 Å². The fourth-order valence-electron chi connectivity index (χ4n) is 1.41. The van der Waals surface area contributed by atoms with Gasteiger partial charge in [-0.25, -0.2) is 20.6 Å². The zero-order chi connectivity index (χ0) is 11.4. The van der Waals surface area contributed by atoms with Crippen molar-refractivity contribution in [3.63, 3.8) is 0 Å². The first kappa shape index (κ1) is 10.8. The van der Waals surface area contributed by atoms with Crippen molar-refractivity contribution in [2.75, 3.05) is 31.3 Å². The number of nitrogens with zero attached hydrogens (tertiary/aromatic N) is 4. The molecule has 1 aliphatic rings. The lowest BCUT2D eigenvalue weighted by molar-refractivity contribution is 0.0548. The Labute approximate surface area is 92.8 Å². The lowest BCUT2D eigenvalue weighted by Crippen LogP contribution is -2.51. The summed E-state index contributed by atoms with van der Waals surface area (Å²) in [6.07, 6.45) is 3.07. The number of anilines is 1. The second kappa shape index (κ2) is 4.86. The lowest BCUT2D eigenvalue weighted by Gasteiger charge is -2.29. The van der Waals surface area contributed by atoms with Crippen LogP contribution in [0, 0.1) is 0 Å². The maximum atomic E-state index is 11.9. The molecule has 0 radical (unpaired) electrons. The topological polar surface area (TPSA) is 84.6 Å². The monoisotopic (exact) mass is 223 g/mol. The number of carbonyl (C=O) groups excluding carboxylic acids is 1. The van der Waals surface area contributed by atoms with Crippen LogP contribution in [-0.4, -0.2) is 47.2 Å². The summed E-state index contributed by atoms with van der Waals surface area (Å²) in [5.74, 6) is 5.84. The molecule has 1 aliphatic heterocycles. The van der Waals surface area contributed by atoms with Crippen molar-refractivity contribution in [1.29, 1.82) is 0 Å². The summed E-state index contributed by atoms with van der Waals surface area (Å²) >= 11 is 0. The van der Waals surface area contributed by atoms with Gasteiger partial charge in [0, 0.05) is 25.5 Å². The van der Waals surface area contributed by atoms with Gasteiger partial charge in [-0.15, -0.1) is 0 Å². The van der Waals surface area contributed by atoms with Gasteiger partial charge in [0.25, 0.3) is 0 Å². The summed E-state index contributed by atoms with van der Waals surface area (Å²) in [5.41, 5.74) is 0. The molecule has 0 unspecified atom stereocenters. The van der Waals surface area contributed by atoms with Gasteiger partial charge in [0.15, 0.2) is 0 Å². The van der Waals surface area contributed by atoms with Crippen molar-refractivity contribution in [1.82, 2.24) is 14.9 Å². The third-order valence-corrected chi connectivity index (χ3v) is 2.26. The Morgan fingerprint density at radius 2 is 2.00 bits per heavy atom. The van der Waals surface area contributed by atoms with Gasteiger partial charge in [0.2, 0.25) is 5.95 Å². The van der Waals surface area contributed by atoms with Crippen LogP contribution in [0.1, 0.15) is 0 Å². The van der Waals surface area contributed by atoms with Crippen molar-refractivity contribution in [2.24, 2.45) is 5.84 Å². The highest BCUT2D eigenvalue weighted by atomic mass is 16.5. The maximum absolute atomic E-state index is 11.9. The summed E-state index contributed by atoms with van der Waals surface area (Å²) < 4.78 is 5.15. The molecule has 7 heteroatoms. The Hall–Kier alpha value is -1.73. The molecular formula is C9H13N5O2. The Balaban J connectivity index is 2.04. The molecule has 0 atom stereocenters. The van der Waals surface area contributed by atoms with Crippen LogP contribution in [0.25, 0.3) is 0 Å². The summed E-state index contributed by atoms with van der Waals surface area (Å²) in [6, 6.07) is 1.35. The molecule has 0 spiro atoms. The molecule has 0 bridgehead atoms. The maximum Gasteiger partial charge on any atom is 0.341 e. The molecule has 2 N–H and O–H groups in total. The molecule has 2 rings (SSSR count). The molecule has 0 saturated carbocycles. The predicted molar refractivity (Wildman–Crippen MR) is 56.5 cm³/mol. The van der Waals surface area contributed by atoms with Crippen LogP contribution in [0.15, 0.2) is 18.5 Å². The van der Waals surface area contributed by atoms with Crippen LogP contribution in [0.5, 0.6) is 0 Å². The van der Waals surface area contributed by atoms with Gasteiger partial charge in [-0.2, -0.15) is 5.01 Å². The van der Waals surface area contributed by atoms with Crippen molar-refractivity contribution in [2.45, 2.75) is 0 Å². The molecule has 7 nitrogen and oxygen atoms in total. The minimum Gasteiger partial charge on any atom is -0.378 e. The van der Waals surface area contributed by atoms with Gasteiger partial charge in [0.05, 0.1) is 13.2 Å². The van der Waals surface area contributed by atoms with Gasteiger partial charge >= 0.3 is 6.03 Å². The average molecular weight is 223 g/mol. The number of urea groups is 1. The van der Waals surface area contributed by atoms with E-state index >= 15 is 0 Å². The van der Waals surface area contributed by atoms with Crippen LogP contribution >= 0.6 is 0 Å². The number of nitrogens with two attached hydrogens (primary N) is 1. The molecule has 0 aromatic carbocycles. The van der Waals surface area contributed by atoms with E-state index in [-0.39, 0.29) is 12.0 Å². The number of aromatic nitrogens is 2. The standard InChI is InChI=1S/C9H13N5O2/c10-14(8-11-2-1-3-12-8)9(15)13-4-6-16-7-5-13/h1-3H,4-7,10H2. The second-order valence-electron chi connectivity index (χ2n) is 3.30. The molecule has 1 aromatic rings. The van der Waals surface area contributed by atoms with Crippen molar-refractivity contribution >= 4 is 12.0 Å². The van der Waals surface area contributed by atoms with E-state index in [0.717, 1.165) is 5.01 Å². The first-order valence-electron chi connectivity index (χ1n) is 4.97. The number of hydrazine groups is 1. The van der Waals surface area contributed by atoms with Crippen molar-refractivity contribution in [3.8, 4) is 0 Å². The van der Waals surface area contributed by atoms with Gasteiger partial charge < -0.3 is 9.64 Å². The second-order valence-corrected chi connectivity index (χ2v) is 3.30. The Kier molecular flexibility index (Phi) is 3.28. The normalized spacial score (nSPS) is 15.9. The Morgan fingerprint density at radius 1 is 1.38 bits per heavy atom. The van der Waals surface area contributed by atoms with Crippen molar-refractivity contribution in [3.05, 3.63) is 18.5 Å². The largest absolute Gasteiger partial charge is 0.378 e. The first-order valence-corrected chi connectivity index (χ1v) is 4.97. The van der Waals surface area contributed by atoms with E-state index in [2.05, 4.69) is 9.97 Å². The van der Waals surface area contributed by atoms with Crippen LogP contribution in [0.2, 0.25) is 0 Å². The van der Waals surface area contributed by atoms with E-state index in [1.807, 2.05) is 0 Å². The molecule has 1 saturated heterocycles.